The first-order chi connectivity index (χ1) is 8.42. The van der Waals surface area contributed by atoms with E-state index in [1.807, 2.05) is 0 Å². The molecule has 0 saturated heterocycles. The Morgan fingerprint density at radius 2 is 2.06 bits per heavy atom. The summed E-state index contributed by atoms with van der Waals surface area (Å²) in [4.78, 5) is 13.6. The van der Waals surface area contributed by atoms with Gasteiger partial charge in [0.25, 0.3) is 0 Å². The van der Waals surface area contributed by atoms with E-state index in [2.05, 4.69) is 18.9 Å². The van der Waals surface area contributed by atoms with Crippen LogP contribution < -0.4 is 5.73 Å². The normalized spacial score (nSPS) is 41.2. The van der Waals surface area contributed by atoms with Crippen LogP contribution in [0.2, 0.25) is 0 Å². The van der Waals surface area contributed by atoms with Crippen LogP contribution in [0.1, 0.15) is 51.9 Å². The van der Waals surface area contributed by atoms with E-state index in [1.165, 1.54) is 25.7 Å². The largest absolute Gasteiger partial charge is 0.480 e. The number of hydrogen-bond acceptors (Lipinski definition) is 3. The molecule has 0 heterocycles. The minimum absolute atomic E-state index is 0.349. The molecule has 4 unspecified atom stereocenters. The Kier molecular flexibility index (Phi) is 3.97. The Balaban J connectivity index is 1.94. The van der Waals surface area contributed by atoms with Crippen molar-refractivity contribution in [2.24, 2.45) is 11.7 Å². The van der Waals surface area contributed by atoms with Crippen molar-refractivity contribution in [3.63, 3.8) is 0 Å². The lowest BCUT2D eigenvalue weighted by Gasteiger charge is -2.38. The van der Waals surface area contributed by atoms with Gasteiger partial charge in [-0.1, -0.05) is 19.8 Å². The fraction of sp³-hybridized carbons (Fsp3) is 0.929. The monoisotopic (exact) mass is 254 g/mol. The van der Waals surface area contributed by atoms with E-state index in [1.54, 1.807) is 0 Å². The molecule has 3 N–H and O–H groups in total. The van der Waals surface area contributed by atoms with Gasteiger partial charge in [-0.25, -0.2) is 0 Å². The number of carbonyl (C=O) groups is 1. The predicted octanol–water partition coefficient (Wildman–Crippen LogP) is 1.83. The van der Waals surface area contributed by atoms with Gasteiger partial charge in [-0.05, 0) is 45.1 Å². The summed E-state index contributed by atoms with van der Waals surface area (Å²) in [6, 6.07) is 0.969. The van der Waals surface area contributed by atoms with E-state index < -0.39 is 11.5 Å². The Hall–Kier alpha value is -0.610. The minimum Gasteiger partial charge on any atom is -0.480 e. The number of nitrogens with zero attached hydrogens (tertiary/aromatic N) is 1. The van der Waals surface area contributed by atoms with Crippen LogP contribution in [0.4, 0.5) is 0 Å². The van der Waals surface area contributed by atoms with Crippen molar-refractivity contribution >= 4 is 5.97 Å². The number of carboxylic acid groups (broad SMARTS) is 1. The molecule has 0 aliphatic heterocycles. The number of aliphatic carboxylic acids is 1. The van der Waals surface area contributed by atoms with E-state index in [-0.39, 0.29) is 0 Å². The van der Waals surface area contributed by atoms with E-state index in [9.17, 15) is 9.90 Å². The quantitative estimate of drug-likeness (QED) is 0.806. The van der Waals surface area contributed by atoms with Crippen molar-refractivity contribution in [1.82, 2.24) is 4.90 Å². The highest BCUT2D eigenvalue weighted by atomic mass is 16.4. The van der Waals surface area contributed by atoms with Gasteiger partial charge in [-0.15, -0.1) is 0 Å². The van der Waals surface area contributed by atoms with Crippen LogP contribution in [0.3, 0.4) is 0 Å². The van der Waals surface area contributed by atoms with Crippen molar-refractivity contribution in [3.8, 4) is 0 Å². The van der Waals surface area contributed by atoms with Crippen LogP contribution in [0.5, 0.6) is 0 Å². The second-order valence-corrected chi connectivity index (χ2v) is 6.45. The van der Waals surface area contributed by atoms with Crippen LogP contribution >= 0.6 is 0 Å². The van der Waals surface area contributed by atoms with Crippen LogP contribution in [0.25, 0.3) is 0 Å². The molecular formula is C14H26N2O2. The third-order valence-corrected chi connectivity index (χ3v) is 5.01. The number of nitrogens with two attached hydrogens (primary N) is 1. The van der Waals surface area contributed by atoms with E-state index >= 15 is 0 Å². The third kappa shape index (κ3) is 2.69. The Bertz CT molecular complexity index is 321. The summed E-state index contributed by atoms with van der Waals surface area (Å²) in [6.45, 7) is 2.32. The predicted molar refractivity (Wildman–Crippen MR) is 71.4 cm³/mol. The molecule has 0 amide bonds. The highest BCUT2D eigenvalue weighted by Gasteiger charge is 2.44. The van der Waals surface area contributed by atoms with Crippen molar-refractivity contribution < 1.29 is 9.90 Å². The molecule has 0 bridgehead atoms. The van der Waals surface area contributed by atoms with Crippen LogP contribution in [-0.4, -0.2) is 40.6 Å². The second-order valence-electron chi connectivity index (χ2n) is 6.45. The number of rotatable bonds is 3. The van der Waals surface area contributed by atoms with Gasteiger partial charge in [-0.2, -0.15) is 0 Å². The summed E-state index contributed by atoms with van der Waals surface area (Å²) >= 11 is 0. The molecule has 2 rings (SSSR count). The molecule has 4 heteroatoms. The fourth-order valence-corrected chi connectivity index (χ4v) is 3.66. The van der Waals surface area contributed by atoms with Crippen molar-refractivity contribution in [1.29, 1.82) is 0 Å². The van der Waals surface area contributed by atoms with Crippen LogP contribution in [-0.2, 0) is 4.79 Å². The molecule has 104 valence electrons. The maximum absolute atomic E-state index is 11.2. The van der Waals surface area contributed by atoms with Gasteiger partial charge in [0.1, 0.15) is 5.54 Å². The van der Waals surface area contributed by atoms with Crippen molar-refractivity contribution in [2.75, 3.05) is 7.05 Å². The fourth-order valence-electron chi connectivity index (χ4n) is 3.66. The zero-order valence-corrected chi connectivity index (χ0v) is 11.6. The maximum Gasteiger partial charge on any atom is 0.323 e. The molecule has 0 aromatic carbocycles. The van der Waals surface area contributed by atoms with E-state index in [0.717, 1.165) is 12.3 Å². The molecule has 0 radical (unpaired) electrons. The van der Waals surface area contributed by atoms with Gasteiger partial charge < -0.3 is 15.7 Å². The smallest absolute Gasteiger partial charge is 0.323 e. The maximum atomic E-state index is 11.2. The molecule has 2 aliphatic carbocycles. The SMILES string of the molecule is CC1CCCC(N(C)C2CCC(N)(C(=O)O)C2)C1. The zero-order chi connectivity index (χ0) is 13.3. The van der Waals surface area contributed by atoms with E-state index in [4.69, 9.17) is 5.73 Å². The van der Waals surface area contributed by atoms with Gasteiger partial charge in [0.05, 0.1) is 0 Å². The van der Waals surface area contributed by atoms with Gasteiger partial charge in [0.15, 0.2) is 0 Å². The zero-order valence-electron chi connectivity index (χ0n) is 11.6. The summed E-state index contributed by atoms with van der Waals surface area (Å²) in [5.41, 5.74) is 4.97. The summed E-state index contributed by atoms with van der Waals surface area (Å²) in [7, 11) is 2.15. The summed E-state index contributed by atoms with van der Waals surface area (Å²) in [5.74, 6) is -0.0369. The first kappa shape index (κ1) is 13.8. The summed E-state index contributed by atoms with van der Waals surface area (Å²) in [5, 5.41) is 9.18. The standard InChI is InChI=1S/C14H26N2O2/c1-10-4-3-5-11(8-10)16(2)12-6-7-14(15,9-12)13(17)18/h10-12H,3-9,15H2,1-2H3,(H,17,18). The molecule has 2 fully saturated rings. The lowest BCUT2D eigenvalue weighted by molar-refractivity contribution is -0.143. The third-order valence-electron chi connectivity index (χ3n) is 5.01. The molecular weight excluding hydrogens is 228 g/mol. The molecule has 0 aromatic rings. The molecule has 0 aromatic heterocycles. The van der Waals surface area contributed by atoms with Gasteiger partial charge in [0.2, 0.25) is 0 Å². The van der Waals surface area contributed by atoms with Crippen molar-refractivity contribution in [2.45, 2.75) is 69.5 Å². The molecule has 4 nitrogen and oxygen atoms in total. The Morgan fingerprint density at radius 3 is 2.61 bits per heavy atom. The van der Waals surface area contributed by atoms with Crippen LogP contribution in [0, 0.1) is 5.92 Å². The van der Waals surface area contributed by atoms with Crippen molar-refractivity contribution in [3.05, 3.63) is 0 Å². The number of hydrogen-bond donors (Lipinski definition) is 2. The summed E-state index contributed by atoms with van der Waals surface area (Å²) < 4.78 is 0. The van der Waals surface area contributed by atoms with E-state index in [0.29, 0.717) is 24.9 Å². The molecule has 0 spiro atoms. The average molecular weight is 254 g/mol. The van der Waals surface area contributed by atoms with Gasteiger partial charge in [-0.3, -0.25) is 4.79 Å². The lowest BCUT2D eigenvalue weighted by Crippen LogP contribution is -2.48. The highest BCUT2D eigenvalue weighted by Crippen LogP contribution is 2.35. The first-order valence-electron chi connectivity index (χ1n) is 7.16. The highest BCUT2D eigenvalue weighted by molar-refractivity contribution is 5.79. The second kappa shape index (κ2) is 5.17. The van der Waals surface area contributed by atoms with Gasteiger partial charge >= 0.3 is 5.97 Å². The topological polar surface area (TPSA) is 66.6 Å². The minimum atomic E-state index is -0.987. The molecule has 2 saturated carbocycles. The number of carboxylic acids is 1. The van der Waals surface area contributed by atoms with Gasteiger partial charge in [0, 0.05) is 12.1 Å². The Morgan fingerprint density at radius 1 is 1.33 bits per heavy atom. The van der Waals surface area contributed by atoms with Crippen LogP contribution in [0.15, 0.2) is 0 Å². The lowest BCUT2D eigenvalue weighted by atomic mass is 9.85. The Labute approximate surface area is 110 Å². The first-order valence-corrected chi connectivity index (χ1v) is 7.16. The molecule has 2 aliphatic rings. The molecule has 18 heavy (non-hydrogen) atoms. The summed E-state index contributed by atoms with van der Waals surface area (Å²) in [6.07, 6.45) is 7.27. The molecule has 4 atom stereocenters. The average Bonchev–Trinajstić information content (AvgIpc) is 2.72.